The fourth-order valence-corrected chi connectivity index (χ4v) is 3.12. The molecule has 0 spiro atoms. The lowest BCUT2D eigenvalue weighted by molar-refractivity contribution is 0.0655. The zero-order valence-corrected chi connectivity index (χ0v) is 12.1. The Morgan fingerprint density at radius 1 is 1.53 bits per heavy atom. The fourth-order valence-electron chi connectivity index (χ4n) is 2.38. The normalized spacial score (nSPS) is 22.0. The number of likely N-dealkylation sites (tertiary alicyclic amines) is 1. The number of β-amino-alcohol motifs (C(OH)–C–C–N with tert-alkyl or cyclic N) is 1. The summed E-state index contributed by atoms with van der Waals surface area (Å²) in [5.74, 6) is 0. The van der Waals surface area contributed by atoms with E-state index in [4.69, 9.17) is 0 Å². The lowest BCUT2D eigenvalue weighted by Crippen LogP contribution is -2.38. The lowest BCUT2D eigenvalue weighted by Gasteiger charge is -2.29. The summed E-state index contributed by atoms with van der Waals surface area (Å²) in [6.45, 7) is 4.82. The SMILES string of the molecule is CCc1nn(C)c(CN2CCCC(O)C2)c1Br. The first-order valence-electron chi connectivity index (χ1n) is 6.22. The Morgan fingerprint density at radius 2 is 2.29 bits per heavy atom. The Bertz CT molecular complexity index is 391. The molecule has 4 nitrogen and oxygen atoms in total. The highest BCUT2D eigenvalue weighted by Crippen LogP contribution is 2.24. The highest BCUT2D eigenvalue weighted by molar-refractivity contribution is 9.10. The molecule has 1 unspecified atom stereocenters. The minimum absolute atomic E-state index is 0.165. The van der Waals surface area contributed by atoms with E-state index in [0.29, 0.717) is 0 Å². The number of piperidine rings is 1. The molecule has 1 saturated heterocycles. The van der Waals surface area contributed by atoms with Crippen LogP contribution in [0.2, 0.25) is 0 Å². The van der Waals surface area contributed by atoms with E-state index in [1.165, 1.54) is 5.69 Å². The molecule has 0 saturated carbocycles. The van der Waals surface area contributed by atoms with Crippen LogP contribution in [0.4, 0.5) is 0 Å². The number of aromatic nitrogens is 2. The van der Waals surface area contributed by atoms with Gasteiger partial charge in [-0.2, -0.15) is 5.10 Å². The van der Waals surface area contributed by atoms with Gasteiger partial charge in [-0.05, 0) is 41.7 Å². The summed E-state index contributed by atoms with van der Waals surface area (Å²) in [5, 5.41) is 14.2. The maximum atomic E-state index is 9.67. The van der Waals surface area contributed by atoms with Gasteiger partial charge >= 0.3 is 0 Å². The van der Waals surface area contributed by atoms with Gasteiger partial charge in [0.2, 0.25) is 0 Å². The van der Waals surface area contributed by atoms with Crippen LogP contribution < -0.4 is 0 Å². The molecule has 1 aromatic heterocycles. The molecule has 96 valence electrons. The molecule has 0 bridgehead atoms. The zero-order valence-electron chi connectivity index (χ0n) is 10.5. The number of aryl methyl sites for hydroxylation is 2. The molecule has 1 N–H and O–H groups in total. The van der Waals surface area contributed by atoms with Gasteiger partial charge in [0.1, 0.15) is 0 Å². The Balaban J connectivity index is 2.10. The van der Waals surface area contributed by atoms with Crippen LogP contribution in [-0.4, -0.2) is 39.0 Å². The van der Waals surface area contributed by atoms with E-state index in [9.17, 15) is 5.11 Å². The Morgan fingerprint density at radius 3 is 2.88 bits per heavy atom. The van der Waals surface area contributed by atoms with E-state index in [1.54, 1.807) is 0 Å². The van der Waals surface area contributed by atoms with Crippen molar-refractivity contribution >= 4 is 15.9 Å². The van der Waals surface area contributed by atoms with Crippen LogP contribution in [0.5, 0.6) is 0 Å². The van der Waals surface area contributed by atoms with Crippen molar-refractivity contribution in [2.24, 2.45) is 7.05 Å². The molecule has 17 heavy (non-hydrogen) atoms. The quantitative estimate of drug-likeness (QED) is 0.924. The molecular weight excluding hydrogens is 282 g/mol. The third kappa shape index (κ3) is 2.89. The molecule has 2 rings (SSSR count). The predicted molar refractivity (Wildman–Crippen MR) is 70.8 cm³/mol. The van der Waals surface area contributed by atoms with Crippen LogP contribution in [0.15, 0.2) is 4.47 Å². The summed E-state index contributed by atoms with van der Waals surface area (Å²) < 4.78 is 3.08. The van der Waals surface area contributed by atoms with Crippen LogP contribution in [0.1, 0.15) is 31.2 Å². The van der Waals surface area contributed by atoms with Gasteiger partial charge in [0.15, 0.2) is 0 Å². The van der Waals surface area contributed by atoms with Crippen LogP contribution in [0.25, 0.3) is 0 Å². The van der Waals surface area contributed by atoms with E-state index in [2.05, 4.69) is 32.9 Å². The summed E-state index contributed by atoms with van der Waals surface area (Å²) >= 11 is 3.63. The average Bonchev–Trinajstić information content (AvgIpc) is 2.56. The van der Waals surface area contributed by atoms with Crippen LogP contribution in [0, 0.1) is 0 Å². The van der Waals surface area contributed by atoms with E-state index >= 15 is 0 Å². The first-order chi connectivity index (χ1) is 8.11. The van der Waals surface area contributed by atoms with Crippen molar-refractivity contribution in [3.8, 4) is 0 Å². The number of hydrogen-bond donors (Lipinski definition) is 1. The molecule has 1 aliphatic rings. The van der Waals surface area contributed by atoms with Gasteiger partial charge in [0, 0.05) is 20.1 Å². The maximum absolute atomic E-state index is 9.67. The van der Waals surface area contributed by atoms with Crippen molar-refractivity contribution in [2.75, 3.05) is 13.1 Å². The van der Waals surface area contributed by atoms with Gasteiger partial charge in [0.25, 0.3) is 0 Å². The summed E-state index contributed by atoms with van der Waals surface area (Å²) in [6, 6.07) is 0. The molecule has 0 aliphatic carbocycles. The van der Waals surface area contributed by atoms with Crippen molar-refractivity contribution < 1.29 is 5.11 Å². The number of halogens is 1. The smallest absolute Gasteiger partial charge is 0.0767 e. The van der Waals surface area contributed by atoms with E-state index in [1.807, 2.05) is 11.7 Å². The minimum atomic E-state index is -0.165. The zero-order chi connectivity index (χ0) is 12.4. The van der Waals surface area contributed by atoms with Gasteiger partial charge in [0.05, 0.1) is 22.0 Å². The Labute approximate surface area is 111 Å². The monoisotopic (exact) mass is 301 g/mol. The van der Waals surface area contributed by atoms with Gasteiger partial charge in [-0.25, -0.2) is 0 Å². The van der Waals surface area contributed by atoms with Crippen LogP contribution in [-0.2, 0) is 20.0 Å². The topological polar surface area (TPSA) is 41.3 Å². The number of aliphatic hydroxyl groups excluding tert-OH is 1. The number of hydrogen-bond acceptors (Lipinski definition) is 3. The Hall–Kier alpha value is -0.390. The number of nitrogens with zero attached hydrogens (tertiary/aromatic N) is 3. The lowest BCUT2D eigenvalue weighted by atomic mass is 10.1. The van der Waals surface area contributed by atoms with E-state index < -0.39 is 0 Å². The third-order valence-electron chi connectivity index (χ3n) is 3.36. The molecule has 0 radical (unpaired) electrons. The second kappa shape index (κ2) is 5.50. The second-order valence-corrected chi connectivity index (χ2v) is 5.51. The molecule has 5 heteroatoms. The third-order valence-corrected chi connectivity index (χ3v) is 4.27. The minimum Gasteiger partial charge on any atom is -0.392 e. The number of rotatable bonds is 3. The summed E-state index contributed by atoms with van der Waals surface area (Å²) in [4.78, 5) is 2.30. The molecule has 1 aliphatic heterocycles. The predicted octanol–water partition coefficient (Wildman–Crippen LogP) is 1.70. The summed E-state index contributed by atoms with van der Waals surface area (Å²) in [5.41, 5.74) is 2.32. The highest BCUT2D eigenvalue weighted by Gasteiger charge is 2.21. The van der Waals surface area contributed by atoms with Crippen LogP contribution in [0.3, 0.4) is 0 Å². The molecule has 2 heterocycles. The van der Waals surface area contributed by atoms with Crippen molar-refractivity contribution in [2.45, 2.75) is 38.8 Å². The van der Waals surface area contributed by atoms with E-state index in [-0.39, 0.29) is 6.10 Å². The first-order valence-corrected chi connectivity index (χ1v) is 7.01. The van der Waals surface area contributed by atoms with Crippen molar-refractivity contribution in [1.82, 2.24) is 14.7 Å². The van der Waals surface area contributed by atoms with E-state index in [0.717, 1.165) is 49.1 Å². The average molecular weight is 302 g/mol. The van der Waals surface area contributed by atoms with Gasteiger partial charge in [-0.3, -0.25) is 9.58 Å². The molecule has 0 amide bonds. The summed E-state index contributed by atoms with van der Waals surface area (Å²) in [6.07, 6.45) is 2.79. The van der Waals surface area contributed by atoms with Crippen molar-refractivity contribution in [3.05, 3.63) is 15.9 Å². The molecule has 1 aromatic rings. The van der Waals surface area contributed by atoms with Gasteiger partial charge in [-0.15, -0.1) is 0 Å². The van der Waals surface area contributed by atoms with Crippen molar-refractivity contribution in [1.29, 1.82) is 0 Å². The maximum Gasteiger partial charge on any atom is 0.0767 e. The molecule has 0 aromatic carbocycles. The fraction of sp³-hybridized carbons (Fsp3) is 0.750. The highest BCUT2D eigenvalue weighted by atomic mass is 79.9. The van der Waals surface area contributed by atoms with Gasteiger partial charge in [-0.1, -0.05) is 6.92 Å². The standard InChI is InChI=1S/C12H20BrN3O/c1-3-10-12(13)11(15(2)14-10)8-16-6-4-5-9(17)7-16/h9,17H,3-8H2,1-2H3. The second-order valence-electron chi connectivity index (χ2n) is 4.72. The molecule has 1 atom stereocenters. The first kappa shape index (κ1) is 13.1. The molecular formula is C12H20BrN3O. The van der Waals surface area contributed by atoms with Crippen molar-refractivity contribution in [3.63, 3.8) is 0 Å². The summed E-state index contributed by atoms with van der Waals surface area (Å²) in [7, 11) is 1.99. The Kier molecular flexibility index (Phi) is 4.22. The van der Waals surface area contributed by atoms with Gasteiger partial charge < -0.3 is 5.11 Å². The van der Waals surface area contributed by atoms with Crippen LogP contribution >= 0.6 is 15.9 Å². The largest absolute Gasteiger partial charge is 0.392 e. The number of aliphatic hydroxyl groups is 1. The molecule has 1 fully saturated rings.